The number of benzene rings is 1. The second-order valence-corrected chi connectivity index (χ2v) is 5.19. The van der Waals surface area contributed by atoms with Crippen LogP contribution in [0.15, 0.2) is 34.4 Å². The third kappa shape index (κ3) is 2.45. The molecule has 0 saturated heterocycles. The molecule has 0 aliphatic rings. The van der Waals surface area contributed by atoms with Gasteiger partial charge in [0.05, 0.1) is 17.6 Å². The normalized spacial score (nSPS) is 11.2. The molecule has 2 N–H and O–H groups in total. The van der Waals surface area contributed by atoms with Crippen LogP contribution in [0.5, 0.6) is 0 Å². The van der Waals surface area contributed by atoms with Crippen LogP contribution in [-0.4, -0.2) is 14.5 Å². The van der Waals surface area contributed by atoms with Crippen molar-refractivity contribution in [1.82, 2.24) is 19.9 Å². The highest BCUT2D eigenvalue weighted by molar-refractivity contribution is 7.07. The fourth-order valence-corrected chi connectivity index (χ4v) is 2.64. The number of hydrogen-bond acceptors (Lipinski definition) is 4. The van der Waals surface area contributed by atoms with Crippen LogP contribution in [0.1, 0.15) is 11.5 Å². The zero-order chi connectivity index (χ0) is 13.2. The molecular weight excluding hydrogens is 260 g/mol. The first kappa shape index (κ1) is 12.1. The third-order valence-electron chi connectivity index (χ3n) is 3.05. The Balaban J connectivity index is 1.71. The lowest BCUT2D eigenvalue weighted by molar-refractivity contribution is 0.636. The Morgan fingerprint density at radius 1 is 1.37 bits per heavy atom. The Bertz CT molecular complexity index is 755. The molecule has 0 radical (unpaired) electrons. The Labute approximate surface area is 113 Å². The number of thiazole rings is 1. The third-order valence-corrected chi connectivity index (χ3v) is 3.77. The van der Waals surface area contributed by atoms with E-state index in [1.807, 2.05) is 30.6 Å². The Kier molecular flexibility index (Phi) is 3.18. The number of para-hydroxylation sites is 2. The summed E-state index contributed by atoms with van der Waals surface area (Å²) < 4.78 is 2.08. The molecule has 0 aliphatic carbocycles. The van der Waals surface area contributed by atoms with Crippen LogP contribution in [0, 0.1) is 0 Å². The zero-order valence-electron chi connectivity index (χ0n) is 10.5. The molecule has 0 aliphatic heterocycles. The summed E-state index contributed by atoms with van der Waals surface area (Å²) in [6.45, 7) is 1.31. The van der Waals surface area contributed by atoms with Gasteiger partial charge in [0.25, 0.3) is 0 Å². The van der Waals surface area contributed by atoms with E-state index in [0.29, 0.717) is 13.1 Å². The van der Waals surface area contributed by atoms with Crippen molar-refractivity contribution in [3.63, 3.8) is 0 Å². The molecule has 5 nitrogen and oxygen atoms in total. The maximum Gasteiger partial charge on any atom is 0.304 e. The number of hydrogen-bond donors (Lipinski definition) is 2. The van der Waals surface area contributed by atoms with Crippen LogP contribution in [-0.2, 0) is 20.1 Å². The average Bonchev–Trinajstić information content (AvgIpc) is 2.96. The van der Waals surface area contributed by atoms with Crippen molar-refractivity contribution in [3.8, 4) is 0 Å². The van der Waals surface area contributed by atoms with E-state index in [4.69, 9.17) is 0 Å². The first-order chi connectivity index (χ1) is 9.24. The Morgan fingerprint density at radius 3 is 2.95 bits per heavy atom. The summed E-state index contributed by atoms with van der Waals surface area (Å²) in [7, 11) is 2.01. The van der Waals surface area contributed by atoms with E-state index in [1.54, 1.807) is 0 Å². The van der Waals surface area contributed by atoms with Gasteiger partial charge in [0.15, 0.2) is 0 Å². The molecule has 0 bridgehead atoms. The number of aryl methyl sites for hydroxylation is 1. The van der Waals surface area contributed by atoms with Crippen LogP contribution in [0.4, 0.5) is 0 Å². The minimum absolute atomic E-state index is 0.0143. The molecule has 3 aromatic rings. The predicted molar refractivity (Wildman–Crippen MR) is 76.2 cm³/mol. The number of fused-ring (bicyclic) bond motifs is 1. The van der Waals surface area contributed by atoms with Crippen molar-refractivity contribution < 1.29 is 0 Å². The van der Waals surface area contributed by atoms with E-state index in [0.717, 1.165) is 22.6 Å². The Hall–Kier alpha value is -1.92. The molecule has 6 heteroatoms. The zero-order valence-corrected chi connectivity index (χ0v) is 11.3. The second kappa shape index (κ2) is 4.99. The summed E-state index contributed by atoms with van der Waals surface area (Å²) in [6, 6.07) is 8.07. The first-order valence-electron chi connectivity index (χ1n) is 6.02. The molecule has 0 fully saturated rings. The largest absolute Gasteiger partial charge is 0.330 e. The van der Waals surface area contributed by atoms with E-state index < -0.39 is 0 Å². The van der Waals surface area contributed by atoms with Gasteiger partial charge in [-0.1, -0.05) is 23.5 Å². The van der Waals surface area contributed by atoms with Crippen LogP contribution in [0.3, 0.4) is 0 Å². The van der Waals surface area contributed by atoms with Crippen LogP contribution in [0.25, 0.3) is 11.0 Å². The molecular formula is C13H14N4OS. The minimum Gasteiger partial charge on any atom is -0.330 e. The highest BCUT2D eigenvalue weighted by atomic mass is 32.1. The molecule has 0 atom stereocenters. The number of rotatable bonds is 4. The van der Waals surface area contributed by atoms with Crippen LogP contribution < -0.4 is 10.2 Å². The molecule has 2 aromatic heterocycles. The number of aromatic amines is 1. The Morgan fingerprint density at radius 2 is 2.21 bits per heavy atom. The second-order valence-electron chi connectivity index (χ2n) is 4.35. The lowest BCUT2D eigenvalue weighted by atomic mass is 10.3. The molecule has 19 heavy (non-hydrogen) atoms. The number of aromatic nitrogens is 3. The van der Waals surface area contributed by atoms with Crippen molar-refractivity contribution >= 4 is 22.4 Å². The molecule has 0 saturated carbocycles. The number of nitrogens with zero attached hydrogens (tertiary/aromatic N) is 2. The number of H-pyrrole nitrogens is 1. The van der Waals surface area contributed by atoms with Gasteiger partial charge in [0.2, 0.25) is 0 Å². The van der Waals surface area contributed by atoms with Gasteiger partial charge >= 0.3 is 4.87 Å². The summed E-state index contributed by atoms with van der Waals surface area (Å²) in [5.41, 5.74) is 3.04. The monoisotopic (exact) mass is 274 g/mol. The van der Waals surface area contributed by atoms with E-state index in [-0.39, 0.29) is 4.87 Å². The van der Waals surface area contributed by atoms with Gasteiger partial charge in [-0.15, -0.1) is 0 Å². The predicted octanol–water partition coefficient (Wildman–Crippen LogP) is 1.61. The summed E-state index contributed by atoms with van der Waals surface area (Å²) in [6.07, 6.45) is 0. The van der Waals surface area contributed by atoms with Crippen molar-refractivity contribution in [1.29, 1.82) is 0 Å². The minimum atomic E-state index is -0.0143. The van der Waals surface area contributed by atoms with Gasteiger partial charge in [-0.2, -0.15) is 0 Å². The van der Waals surface area contributed by atoms with Crippen molar-refractivity contribution in [3.05, 3.63) is 50.8 Å². The summed E-state index contributed by atoms with van der Waals surface area (Å²) in [5.74, 6) is 0.985. The highest BCUT2D eigenvalue weighted by Gasteiger charge is 2.06. The SMILES string of the molecule is Cn1c(CNCc2csc(=O)[nH]2)nc2ccccc21. The average molecular weight is 274 g/mol. The molecule has 2 heterocycles. The summed E-state index contributed by atoms with van der Waals surface area (Å²) in [4.78, 5) is 18.4. The van der Waals surface area contributed by atoms with Crippen LogP contribution in [0.2, 0.25) is 0 Å². The van der Waals surface area contributed by atoms with Gasteiger partial charge < -0.3 is 14.9 Å². The fourth-order valence-electron chi connectivity index (χ4n) is 2.06. The molecule has 98 valence electrons. The van der Waals surface area contributed by atoms with Gasteiger partial charge in [-0.25, -0.2) is 4.98 Å². The molecule has 0 amide bonds. The van der Waals surface area contributed by atoms with Crippen molar-refractivity contribution in [2.75, 3.05) is 0 Å². The van der Waals surface area contributed by atoms with Gasteiger partial charge in [-0.3, -0.25) is 4.79 Å². The maximum atomic E-state index is 11.0. The first-order valence-corrected chi connectivity index (χ1v) is 6.90. The van der Waals surface area contributed by atoms with E-state index in [1.165, 1.54) is 11.3 Å². The van der Waals surface area contributed by atoms with Crippen molar-refractivity contribution in [2.45, 2.75) is 13.1 Å². The molecule has 3 rings (SSSR count). The fraction of sp³-hybridized carbons (Fsp3) is 0.231. The smallest absolute Gasteiger partial charge is 0.304 e. The van der Waals surface area contributed by atoms with Gasteiger partial charge in [0.1, 0.15) is 5.82 Å². The van der Waals surface area contributed by atoms with E-state index >= 15 is 0 Å². The number of imidazole rings is 1. The molecule has 0 spiro atoms. The van der Waals surface area contributed by atoms with Gasteiger partial charge in [-0.05, 0) is 12.1 Å². The topological polar surface area (TPSA) is 62.7 Å². The lowest BCUT2D eigenvalue weighted by Crippen LogP contribution is -2.16. The van der Waals surface area contributed by atoms with E-state index in [2.05, 4.69) is 25.9 Å². The standard InChI is InChI=1S/C13H14N4OS/c1-17-11-5-3-2-4-10(11)16-12(17)7-14-6-9-8-19-13(18)15-9/h2-5,8,14H,6-7H2,1H3,(H,15,18). The summed E-state index contributed by atoms with van der Waals surface area (Å²) in [5, 5.41) is 5.12. The summed E-state index contributed by atoms with van der Waals surface area (Å²) >= 11 is 1.19. The maximum absolute atomic E-state index is 11.0. The van der Waals surface area contributed by atoms with E-state index in [9.17, 15) is 4.79 Å². The lowest BCUT2D eigenvalue weighted by Gasteiger charge is -2.03. The quantitative estimate of drug-likeness (QED) is 0.760. The molecule has 0 unspecified atom stereocenters. The number of nitrogens with one attached hydrogen (secondary N) is 2. The van der Waals surface area contributed by atoms with Crippen LogP contribution >= 0.6 is 11.3 Å². The molecule has 1 aromatic carbocycles. The highest BCUT2D eigenvalue weighted by Crippen LogP contribution is 2.13. The van der Waals surface area contributed by atoms with Crippen molar-refractivity contribution in [2.24, 2.45) is 7.05 Å². The van der Waals surface area contributed by atoms with Gasteiger partial charge in [0, 0.05) is 24.7 Å².